The van der Waals surface area contributed by atoms with E-state index in [9.17, 15) is 4.79 Å². The fourth-order valence-corrected chi connectivity index (χ4v) is 3.63. The minimum Gasteiger partial charge on any atom is -0.493 e. The molecule has 0 spiro atoms. The van der Waals surface area contributed by atoms with Crippen LogP contribution < -0.4 is 14.8 Å². The maximum Gasteiger partial charge on any atom is 0.241 e. The van der Waals surface area contributed by atoms with Gasteiger partial charge in [-0.3, -0.25) is 9.69 Å². The minimum absolute atomic E-state index is 0.0633. The van der Waals surface area contributed by atoms with Crippen LogP contribution in [0.4, 0.5) is 0 Å². The topological polar surface area (TPSA) is 99.0 Å². The van der Waals surface area contributed by atoms with Gasteiger partial charge < -0.3 is 24.1 Å². The standard InChI is InChI=1S/C22H32N4O5/c1-4-30-13-5-10-23-22(27)16-8-11-26(12-9-16)15-20-24-21(25-31-20)17-6-7-18(28-2)19(14-17)29-3/h6-7,14,16H,4-5,8-13,15H2,1-3H3,(H,23,27). The number of nitrogens with one attached hydrogen (secondary N) is 1. The van der Waals surface area contributed by atoms with Gasteiger partial charge in [0, 0.05) is 31.2 Å². The predicted molar refractivity (Wildman–Crippen MR) is 115 cm³/mol. The third-order valence-electron chi connectivity index (χ3n) is 5.40. The molecule has 3 rings (SSSR count). The summed E-state index contributed by atoms with van der Waals surface area (Å²) in [5.41, 5.74) is 0.798. The molecule has 0 atom stereocenters. The summed E-state index contributed by atoms with van der Waals surface area (Å²) < 4.78 is 21.3. The molecule has 0 radical (unpaired) electrons. The quantitative estimate of drug-likeness (QED) is 0.541. The number of amides is 1. The summed E-state index contributed by atoms with van der Waals surface area (Å²) in [7, 11) is 3.19. The van der Waals surface area contributed by atoms with Crippen LogP contribution in [0, 0.1) is 5.92 Å². The third-order valence-corrected chi connectivity index (χ3v) is 5.40. The lowest BCUT2D eigenvalue weighted by Gasteiger charge is -2.30. The van der Waals surface area contributed by atoms with Crippen LogP contribution in [0.2, 0.25) is 0 Å². The minimum atomic E-state index is 0.0633. The van der Waals surface area contributed by atoms with Crippen LogP contribution in [0.15, 0.2) is 22.7 Å². The first kappa shape index (κ1) is 23.0. The summed E-state index contributed by atoms with van der Waals surface area (Å²) in [6.45, 7) is 6.25. The first-order valence-electron chi connectivity index (χ1n) is 10.8. The number of carbonyl (C=O) groups excluding carboxylic acids is 1. The molecule has 1 aliphatic heterocycles. The van der Waals surface area contributed by atoms with Gasteiger partial charge in [-0.25, -0.2) is 0 Å². The summed E-state index contributed by atoms with van der Waals surface area (Å²) in [6.07, 6.45) is 2.50. The molecule has 1 fully saturated rings. The Morgan fingerprint density at radius 3 is 2.71 bits per heavy atom. The zero-order valence-electron chi connectivity index (χ0n) is 18.6. The van der Waals surface area contributed by atoms with Crippen LogP contribution >= 0.6 is 0 Å². The number of rotatable bonds is 11. The largest absolute Gasteiger partial charge is 0.493 e. The van der Waals surface area contributed by atoms with E-state index in [1.54, 1.807) is 14.2 Å². The Morgan fingerprint density at radius 2 is 2.00 bits per heavy atom. The highest BCUT2D eigenvalue weighted by atomic mass is 16.5. The lowest BCUT2D eigenvalue weighted by molar-refractivity contribution is -0.126. The molecule has 31 heavy (non-hydrogen) atoms. The Bertz CT molecular complexity index is 833. The third kappa shape index (κ3) is 6.41. The van der Waals surface area contributed by atoms with E-state index in [1.165, 1.54) is 0 Å². The highest BCUT2D eigenvalue weighted by molar-refractivity contribution is 5.78. The van der Waals surface area contributed by atoms with Gasteiger partial charge in [0.05, 0.1) is 20.8 Å². The maximum absolute atomic E-state index is 12.3. The van der Waals surface area contributed by atoms with Gasteiger partial charge in [-0.2, -0.15) is 4.98 Å². The van der Waals surface area contributed by atoms with Crippen LogP contribution in [-0.4, -0.2) is 68.0 Å². The van der Waals surface area contributed by atoms with Gasteiger partial charge in [0.25, 0.3) is 0 Å². The molecule has 1 saturated heterocycles. The molecule has 0 unspecified atom stereocenters. The normalized spacial score (nSPS) is 15.1. The fourth-order valence-electron chi connectivity index (χ4n) is 3.63. The van der Waals surface area contributed by atoms with E-state index in [1.807, 2.05) is 25.1 Å². The summed E-state index contributed by atoms with van der Waals surface area (Å²) in [6, 6.07) is 5.51. The van der Waals surface area contributed by atoms with E-state index in [4.69, 9.17) is 18.7 Å². The lowest BCUT2D eigenvalue weighted by Crippen LogP contribution is -2.40. The average molecular weight is 433 g/mol. The van der Waals surface area contributed by atoms with Gasteiger partial charge in [-0.1, -0.05) is 5.16 Å². The van der Waals surface area contributed by atoms with Crippen LogP contribution in [0.3, 0.4) is 0 Å². The average Bonchev–Trinajstić information content (AvgIpc) is 3.27. The van der Waals surface area contributed by atoms with E-state index in [0.29, 0.717) is 49.5 Å². The summed E-state index contributed by atoms with van der Waals surface area (Å²) in [5.74, 6) is 2.54. The van der Waals surface area contributed by atoms with Crippen molar-refractivity contribution in [1.29, 1.82) is 0 Å². The first-order chi connectivity index (χ1) is 15.1. The second-order valence-corrected chi connectivity index (χ2v) is 7.47. The van der Waals surface area contributed by atoms with Crippen molar-refractivity contribution in [2.24, 2.45) is 5.92 Å². The number of carbonyl (C=O) groups is 1. The Morgan fingerprint density at radius 1 is 1.23 bits per heavy atom. The number of aromatic nitrogens is 2. The molecule has 1 amide bonds. The maximum atomic E-state index is 12.3. The molecular formula is C22H32N4O5. The van der Waals surface area contributed by atoms with Gasteiger partial charge in [0.2, 0.25) is 17.6 Å². The SMILES string of the molecule is CCOCCCNC(=O)C1CCN(Cc2nc(-c3ccc(OC)c(OC)c3)no2)CC1. The Labute approximate surface area is 183 Å². The Hall–Kier alpha value is -2.65. The number of methoxy groups -OCH3 is 2. The second kappa shape index (κ2) is 11.7. The highest BCUT2D eigenvalue weighted by Crippen LogP contribution is 2.31. The molecule has 0 aliphatic carbocycles. The number of nitrogens with zero attached hydrogens (tertiary/aromatic N) is 3. The Kier molecular flexibility index (Phi) is 8.66. The van der Waals surface area contributed by atoms with E-state index in [-0.39, 0.29) is 11.8 Å². The second-order valence-electron chi connectivity index (χ2n) is 7.47. The summed E-state index contributed by atoms with van der Waals surface area (Å²) in [4.78, 5) is 19.1. The number of likely N-dealkylation sites (tertiary alicyclic amines) is 1. The molecule has 2 aromatic rings. The number of ether oxygens (including phenoxy) is 3. The summed E-state index contributed by atoms with van der Waals surface area (Å²) >= 11 is 0. The van der Waals surface area contributed by atoms with Crippen molar-refractivity contribution in [3.05, 3.63) is 24.1 Å². The molecule has 1 N–H and O–H groups in total. The van der Waals surface area contributed by atoms with E-state index in [2.05, 4.69) is 20.4 Å². The number of benzene rings is 1. The first-order valence-corrected chi connectivity index (χ1v) is 10.8. The van der Waals surface area contributed by atoms with Gasteiger partial charge in [0.15, 0.2) is 11.5 Å². The molecule has 170 valence electrons. The fraction of sp³-hybridized carbons (Fsp3) is 0.591. The Balaban J connectivity index is 1.46. The van der Waals surface area contributed by atoms with Crippen LogP contribution in [0.25, 0.3) is 11.4 Å². The molecule has 1 aliphatic rings. The molecule has 9 nitrogen and oxygen atoms in total. The van der Waals surface area contributed by atoms with E-state index >= 15 is 0 Å². The van der Waals surface area contributed by atoms with E-state index in [0.717, 1.165) is 37.9 Å². The van der Waals surface area contributed by atoms with Crippen molar-refractivity contribution in [2.75, 3.05) is 47.1 Å². The molecule has 1 aromatic carbocycles. The summed E-state index contributed by atoms with van der Waals surface area (Å²) in [5, 5.41) is 7.11. The van der Waals surface area contributed by atoms with Crippen molar-refractivity contribution in [2.45, 2.75) is 32.7 Å². The van der Waals surface area contributed by atoms with Gasteiger partial charge in [-0.15, -0.1) is 0 Å². The van der Waals surface area contributed by atoms with Crippen LogP contribution in [0.5, 0.6) is 11.5 Å². The van der Waals surface area contributed by atoms with Gasteiger partial charge in [0.1, 0.15) is 0 Å². The molecule has 9 heteroatoms. The smallest absolute Gasteiger partial charge is 0.241 e. The number of piperidine rings is 1. The van der Waals surface area contributed by atoms with E-state index < -0.39 is 0 Å². The lowest BCUT2D eigenvalue weighted by atomic mass is 9.96. The van der Waals surface area contributed by atoms with Gasteiger partial charge in [-0.05, 0) is 57.5 Å². The number of hydrogen-bond donors (Lipinski definition) is 1. The molecular weight excluding hydrogens is 400 g/mol. The van der Waals surface area contributed by atoms with Crippen LogP contribution in [-0.2, 0) is 16.1 Å². The predicted octanol–water partition coefficient (Wildman–Crippen LogP) is 2.51. The molecule has 1 aromatic heterocycles. The van der Waals surface area contributed by atoms with Crippen molar-refractivity contribution < 1.29 is 23.5 Å². The molecule has 2 heterocycles. The molecule has 0 saturated carbocycles. The van der Waals surface area contributed by atoms with Crippen molar-refractivity contribution in [3.63, 3.8) is 0 Å². The zero-order chi connectivity index (χ0) is 22.1. The molecule has 0 bridgehead atoms. The van der Waals surface area contributed by atoms with Crippen molar-refractivity contribution in [3.8, 4) is 22.9 Å². The van der Waals surface area contributed by atoms with Gasteiger partial charge >= 0.3 is 0 Å². The van der Waals surface area contributed by atoms with Crippen molar-refractivity contribution in [1.82, 2.24) is 20.4 Å². The highest BCUT2D eigenvalue weighted by Gasteiger charge is 2.25. The monoisotopic (exact) mass is 432 g/mol. The number of hydrogen-bond acceptors (Lipinski definition) is 8. The van der Waals surface area contributed by atoms with Crippen molar-refractivity contribution >= 4 is 5.91 Å². The zero-order valence-corrected chi connectivity index (χ0v) is 18.6. The van der Waals surface area contributed by atoms with Crippen LogP contribution in [0.1, 0.15) is 32.1 Å².